The van der Waals surface area contributed by atoms with Crippen LogP contribution in [0.25, 0.3) is 0 Å². The molecule has 0 radical (unpaired) electrons. The second-order valence-corrected chi connectivity index (χ2v) is 5.23. The van der Waals surface area contributed by atoms with Crippen LogP contribution in [0.4, 0.5) is 23.2 Å². The summed E-state index contributed by atoms with van der Waals surface area (Å²) >= 11 is 0. The van der Waals surface area contributed by atoms with Crippen molar-refractivity contribution in [2.24, 2.45) is 0 Å². The predicted octanol–water partition coefficient (Wildman–Crippen LogP) is 3.02. The van der Waals surface area contributed by atoms with E-state index in [9.17, 15) is 22.4 Å². The number of carbonyl (C=O) groups is 1. The van der Waals surface area contributed by atoms with Gasteiger partial charge in [0.2, 0.25) is 5.91 Å². The standard InChI is InChI=1S/C15H16F4N4O/c1-9(14(24)21-12-4-3-10(16)7-11(12)17)22(2)8-13-20-5-6-23(13)15(18)19/h3-7,9,15H,8H2,1-2H3,(H,21,24)/t9-/m0/s1. The molecule has 130 valence electrons. The third kappa shape index (κ3) is 4.10. The molecule has 1 N–H and O–H groups in total. The molecule has 1 heterocycles. The number of rotatable bonds is 6. The highest BCUT2D eigenvalue weighted by Gasteiger charge is 2.22. The SMILES string of the molecule is C[C@@H](C(=O)Nc1ccc(F)cc1F)N(C)Cc1nccn1C(F)F. The Kier molecular flexibility index (Phi) is 5.55. The van der Waals surface area contributed by atoms with Gasteiger partial charge in [-0.2, -0.15) is 8.78 Å². The lowest BCUT2D eigenvalue weighted by atomic mass is 10.2. The van der Waals surface area contributed by atoms with Crippen LogP contribution in [-0.4, -0.2) is 33.4 Å². The van der Waals surface area contributed by atoms with Crippen molar-refractivity contribution in [1.29, 1.82) is 0 Å². The van der Waals surface area contributed by atoms with Crippen molar-refractivity contribution >= 4 is 11.6 Å². The van der Waals surface area contributed by atoms with Crippen LogP contribution in [0.5, 0.6) is 0 Å². The number of imidazole rings is 1. The third-order valence-corrected chi connectivity index (χ3v) is 3.58. The molecule has 0 aliphatic heterocycles. The fraction of sp³-hybridized carbons (Fsp3) is 0.333. The first-order chi connectivity index (χ1) is 11.3. The van der Waals surface area contributed by atoms with Gasteiger partial charge in [0.1, 0.15) is 17.5 Å². The molecule has 9 heteroatoms. The molecule has 2 aromatic rings. The Morgan fingerprint density at radius 3 is 2.71 bits per heavy atom. The lowest BCUT2D eigenvalue weighted by molar-refractivity contribution is -0.120. The number of halogens is 4. The number of aromatic nitrogens is 2. The van der Waals surface area contributed by atoms with E-state index in [1.54, 1.807) is 7.05 Å². The minimum absolute atomic E-state index is 0.00216. The topological polar surface area (TPSA) is 50.2 Å². The first-order valence-corrected chi connectivity index (χ1v) is 7.05. The highest BCUT2D eigenvalue weighted by Crippen LogP contribution is 2.17. The Labute approximate surface area is 135 Å². The number of hydrogen-bond acceptors (Lipinski definition) is 3. The normalized spacial score (nSPS) is 12.7. The zero-order valence-electron chi connectivity index (χ0n) is 13.0. The van der Waals surface area contributed by atoms with Crippen molar-refractivity contribution in [3.63, 3.8) is 0 Å². The number of nitrogens with one attached hydrogen (secondary N) is 1. The fourth-order valence-electron chi connectivity index (χ4n) is 2.03. The van der Waals surface area contributed by atoms with Crippen molar-refractivity contribution in [2.75, 3.05) is 12.4 Å². The van der Waals surface area contributed by atoms with E-state index in [1.165, 1.54) is 18.0 Å². The Hall–Kier alpha value is -2.42. The highest BCUT2D eigenvalue weighted by atomic mass is 19.3. The summed E-state index contributed by atoms with van der Waals surface area (Å²) in [6, 6.07) is 2.03. The summed E-state index contributed by atoms with van der Waals surface area (Å²) in [4.78, 5) is 17.5. The first-order valence-electron chi connectivity index (χ1n) is 7.05. The van der Waals surface area contributed by atoms with E-state index in [1.807, 2.05) is 0 Å². The second-order valence-electron chi connectivity index (χ2n) is 5.23. The van der Waals surface area contributed by atoms with E-state index in [4.69, 9.17) is 0 Å². The fourth-order valence-corrected chi connectivity index (χ4v) is 2.03. The first kappa shape index (κ1) is 17.9. The Bertz CT molecular complexity index is 719. The van der Waals surface area contributed by atoms with Gasteiger partial charge < -0.3 is 5.32 Å². The van der Waals surface area contributed by atoms with Gasteiger partial charge >= 0.3 is 6.55 Å². The van der Waals surface area contributed by atoms with Crippen LogP contribution in [0, 0.1) is 11.6 Å². The highest BCUT2D eigenvalue weighted by molar-refractivity contribution is 5.94. The Morgan fingerprint density at radius 2 is 2.08 bits per heavy atom. The second kappa shape index (κ2) is 7.43. The minimum Gasteiger partial charge on any atom is -0.322 e. The molecule has 1 amide bonds. The quantitative estimate of drug-likeness (QED) is 0.820. The lowest BCUT2D eigenvalue weighted by Gasteiger charge is -2.24. The van der Waals surface area contributed by atoms with Crippen molar-refractivity contribution in [3.05, 3.63) is 48.1 Å². The van der Waals surface area contributed by atoms with Gasteiger partial charge in [-0.05, 0) is 26.1 Å². The van der Waals surface area contributed by atoms with Crippen LogP contribution in [0.3, 0.4) is 0 Å². The molecule has 0 bridgehead atoms. The Morgan fingerprint density at radius 1 is 1.38 bits per heavy atom. The number of benzene rings is 1. The number of anilines is 1. The summed E-state index contributed by atoms with van der Waals surface area (Å²) in [5.41, 5.74) is -0.157. The summed E-state index contributed by atoms with van der Waals surface area (Å²) in [6.07, 6.45) is 2.39. The van der Waals surface area contributed by atoms with Gasteiger partial charge in [0.15, 0.2) is 0 Å². The Balaban J connectivity index is 2.02. The average Bonchev–Trinajstić information content (AvgIpc) is 2.97. The summed E-state index contributed by atoms with van der Waals surface area (Å²) in [6.45, 7) is -1.20. The van der Waals surface area contributed by atoms with Gasteiger partial charge in [0.05, 0.1) is 18.3 Å². The lowest BCUT2D eigenvalue weighted by Crippen LogP contribution is -2.39. The van der Waals surface area contributed by atoms with Gasteiger partial charge in [0, 0.05) is 18.5 Å². The zero-order valence-corrected chi connectivity index (χ0v) is 13.0. The van der Waals surface area contributed by atoms with Gasteiger partial charge in [0.25, 0.3) is 0 Å². The van der Waals surface area contributed by atoms with Gasteiger partial charge in [-0.3, -0.25) is 14.3 Å². The minimum atomic E-state index is -2.73. The maximum atomic E-state index is 13.6. The van der Waals surface area contributed by atoms with Gasteiger partial charge in [-0.25, -0.2) is 13.8 Å². The average molecular weight is 344 g/mol. The van der Waals surface area contributed by atoms with Gasteiger partial charge in [-0.1, -0.05) is 0 Å². The van der Waals surface area contributed by atoms with Crippen LogP contribution in [0.2, 0.25) is 0 Å². The number of nitrogens with zero attached hydrogens (tertiary/aromatic N) is 3. The number of likely N-dealkylation sites (N-methyl/N-ethyl adjacent to an activating group) is 1. The summed E-state index contributed by atoms with van der Waals surface area (Å²) in [7, 11) is 1.55. The van der Waals surface area contributed by atoms with Crippen molar-refractivity contribution in [2.45, 2.75) is 26.1 Å². The maximum absolute atomic E-state index is 13.6. The molecular weight excluding hydrogens is 328 g/mol. The van der Waals surface area contributed by atoms with E-state index in [0.29, 0.717) is 10.6 Å². The molecule has 0 saturated heterocycles. The molecule has 0 unspecified atom stereocenters. The molecule has 0 saturated carbocycles. The summed E-state index contributed by atoms with van der Waals surface area (Å²) < 4.78 is 52.7. The molecule has 0 aliphatic carbocycles. The van der Waals surface area contributed by atoms with E-state index < -0.39 is 30.1 Å². The molecule has 2 rings (SSSR count). The van der Waals surface area contributed by atoms with Crippen molar-refractivity contribution in [1.82, 2.24) is 14.5 Å². The largest absolute Gasteiger partial charge is 0.322 e. The molecule has 1 aromatic carbocycles. The molecule has 0 fully saturated rings. The van der Waals surface area contributed by atoms with E-state index in [-0.39, 0.29) is 18.1 Å². The van der Waals surface area contributed by atoms with Crippen LogP contribution >= 0.6 is 0 Å². The van der Waals surface area contributed by atoms with E-state index in [2.05, 4.69) is 10.3 Å². The molecule has 24 heavy (non-hydrogen) atoms. The predicted molar refractivity (Wildman–Crippen MR) is 79.4 cm³/mol. The van der Waals surface area contributed by atoms with Crippen LogP contribution in [-0.2, 0) is 11.3 Å². The van der Waals surface area contributed by atoms with Crippen LogP contribution in [0.15, 0.2) is 30.6 Å². The molecule has 0 spiro atoms. The molecule has 5 nitrogen and oxygen atoms in total. The van der Waals surface area contributed by atoms with E-state index in [0.717, 1.165) is 18.3 Å². The van der Waals surface area contributed by atoms with Crippen molar-refractivity contribution < 1.29 is 22.4 Å². The third-order valence-electron chi connectivity index (χ3n) is 3.58. The van der Waals surface area contributed by atoms with Crippen LogP contribution < -0.4 is 5.32 Å². The molecular formula is C15H16F4N4O. The molecule has 1 aromatic heterocycles. The smallest absolute Gasteiger partial charge is 0.319 e. The summed E-state index contributed by atoms with van der Waals surface area (Å²) in [5.74, 6) is -2.11. The number of carbonyl (C=O) groups excluding carboxylic acids is 1. The van der Waals surface area contributed by atoms with Crippen LogP contribution in [0.1, 0.15) is 19.3 Å². The maximum Gasteiger partial charge on any atom is 0.319 e. The number of amides is 1. The number of alkyl halides is 2. The van der Waals surface area contributed by atoms with Crippen molar-refractivity contribution in [3.8, 4) is 0 Å². The molecule has 1 atom stereocenters. The summed E-state index contributed by atoms with van der Waals surface area (Å²) in [5, 5.41) is 2.34. The zero-order chi connectivity index (χ0) is 17.9. The van der Waals surface area contributed by atoms with Gasteiger partial charge in [-0.15, -0.1) is 0 Å². The monoisotopic (exact) mass is 344 g/mol. The molecule has 0 aliphatic rings. The van der Waals surface area contributed by atoms with E-state index >= 15 is 0 Å². The number of hydrogen-bond donors (Lipinski definition) is 1.